The van der Waals surface area contributed by atoms with Gasteiger partial charge in [-0.1, -0.05) is 11.3 Å². The van der Waals surface area contributed by atoms with Gasteiger partial charge in [-0.2, -0.15) is 5.10 Å². The molecule has 154 valence electrons. The van der Waals surface area contributed by atoms with Crippen molar-refractivity contribution in [3.8, 4) is 10.9 Å². The van der Waals surface area contributed by atoms with Gasteiger partial charge in [-0.3, -0.25) is 4.79 Å². The fourth-order valence-corrected chi connectivity index (χ4v) is 4.85. The summed E-state index contributed by atoms with van der Waals surface area (Å²) in [5.74, 6) is 1.05. The third kappa shape index (κ3) is 2.99. The highest BCUT2D eigenvalue weighted by molar-refractivity contribution is 7.16. The lowest BCUT2D eigenvalue weighted by molar-refractivity contribution is 0.0752. The van der Waals surface area contributed by atoms with E-state index in [0.717, 1.165) is 27.9 Å². The predicted molar refractivity (Wildman–Crippen MR) is 116 cm³/mol. The zero-order chi connectivity index (χ0) is 21.0. The molecule has 0 saturated carbocycles. The Morgan fingerprint density at radius 3 is 2.27 bits per heavy atom. The van der Waals surface area contributed by atoms with Gasteiger partial charge in [-0.15, -0.1) is 0 Å². The molecule has 4 aromatic heterocycles. The van der Waals surface area contributed by atoms with Gasteiger partial charge in [0.2, 0.25) is 0 Å². The Balaban J connectivity index is 1.48. The fraction of sp³-hybridized carbons (Fsp3) is 0.318. The minimum atomic E-state index is -0.154. The summed E-state index contributed by atoms with van der Waals surface area (Å²) < 4.78 is 6.10. The molecule has 5 heterocycles. The van der Waals surface area contributed by atoms with Crippen LogP contribution in [0.1, 0.15) is 47.4 Å². The number of rotatable bonds is 3. The van der Waals surface area contributed by atoms with Gasteiger partial charge in [0.25, 0.3) is 5.91 Å². The first-order chi connectivity index (χ1) is 14.3. The number of hydrogen-bond donors (Lipinski definition) is 0. The highest BCUT2D eigenvalue weighted by atomic mass is 32.1. The summed E-state index contributed by atoms with van der Waals surface area (Å²) in [6, 6.07) is 7.92. The van der Waals surface area contributed by atoms with E-state index in [1.807, 2.05) is 65.4 Å². The van der Waals surface area contributed by atoms with E-state index in [1.165, 1.54) is 11.3 Å². The van der Waals surface area contributed by atoms with Crippen molar-refractivity contribution < 1.29 is 4.79 Å². The van der Waals surface area contributed by atoms with E-state index < -0.39 is 0 Å². The van der Waals surface area contributed by atoms with Crippen LogP contribution in [0.5, 0.6) is 0 Å². The highest BCUT2D eigenvalue weighted by Crippen LogP contribution is 2.34. The molecule has 0 unspecified atom stereocenters. The van der Waals surface area contributed by atoms with Gasteiger partial charge in [0.15, 0.2) is 5.13 Å². The van der Waals surface area contributed by atoms with Crippen LogP contribution in [0.4, 0.5) is 0 Å². The Morgan fingerprint density at radius 2 is 1.63 bits per heavy atom. The molecule has 1 amide bonds. The number of aryl methyl sites for hydroxylation is 1. The molecule has 7 nitrogen and oxygen atoms in total. The molecule has 0 fully saturated rings. The van der Waals surface area contributed by atoms with E-state index in [1.54, 1.807) is 0 Å². The minimum absolute atomic E-state index is 0.0159. The van der Waals surface area contributed by atoms with Gasteiger partial charge in [-0.25, -0.2) is 9.67 Å². The second kappa shape index (κ2) is 6.70. The van der Waals surface area contributed by atoms with E-state index in [4.69, 9.17) is 5.10 Å². The summed E-state index contributed by atoms with van der Waals surface area (Å²) in [5.41, 5.74) is 2.69. The third-order valence-electron chi connectivity index (χ3n) is 5.31. The van der Waals surface area contributed by atoms with Crippen molar-refractivity contribution in [2.75, 3.05) is 0 Å². The van der Waals surface area contributed by atoms with Crippen LogP contribution in [0, 0.1) is 6.92 Å². The van der Waals surface area contributed by atoms with Gasteiger partial charge in [0, 0.05) is 30.4 Å². The van der Waals surface area contributed by atoms with Crippen molar-refractivity contribution in [2.45, 2.75) is 46.3 Å². The minimum Gasteiger partial charge on any atom is -0.327 e. The van der Waals surface area contributed by atoms with Gasteiger partial charge < -0.3 is 14.0 Å². The van der Waals surface area contributed by atoms with Gasteiger partial charge in [0.05, 0.1) is 30.0 Å². The van der Waals surface area contributed by atoms with Crippen LogP contribution >= 0.6 is 11.3 Å². The molecule has 0 atom stereocenters. The molecular weight excluding hydrogens is 396 g/mol. The molecular formula is C22H24N6OS. The van der Waals surface area contributed by atoms with Crippen molar-refractivity contribution in [3.63, 3.8) is 0 Å². The van der Waals surface area contributed by atoms with Crippen LogP contribution in [-0.4, -0.2) is 34.7 Å². The van der Waals surface area contributed by atoms with Gasteiger partial charge >= 0.3 is 0 Å². The first-order valence-electron chi connectivity index (χ1n) is 9.97. The number of amides is 1. The van der Waals surface area contributed by atoms with Crippen LogP contribution in [0.15, 0.2) is 49.1 Å². The molecule has 0 bridgehead atoms. The molecule has 1 aliphatic rings. The van der Waals surface area contributed by atoms with Crippen molar-refractivity contribution in [2.24, 2.45) is 0 Å². The second-order valence-electron chi connectivity index (χ2n) is 8.58. The average molecular weight is 421 g/mol. The molecule has 1 aliphatic heterocycles. The molecule has 0 radical (unpaired) electrons. The van der Waals surface area contributed by atoms with Crippen LogP contribution in [0.3, 0.4) is 0 Å². The number of fused-ring (bicyclic) bond motifs is 1. The number of thiazole rings is 1. The quantitative estimate of drug-likeness (QED) is 0.500. The predicted octanol–water partition coefficient (Wildman–Crippen LogP) is 4.14. The smallest absolute Gasteiger partial charge is 0.266 e. The molecule has 0 aliphatic carbocycles. The Labute approximate surface area is 179 Å². The molecule has 0 aromatic carbocycles. The summed E-state index contributed by atoms with van der Waals surface area (Å²) in [6.45, 7) is 9.41. The summed E-state index contributed by atoms with van der Waals surface area (Å²) in [6.07, 6.45) is 7.94. The van der Waals surface area contributed by atoms with Gasteiger partial charge in [-0.05, 0) is 52.0 Å². The van der Waals surface area contributed by atoms with E-state index in [0.29, 0.717) is 18.0 Å². The fourth-order valence-electron chi connectivity index (χ4n) is 3.85. The topological polar surface area (TPSA) is 60.9 Å². The van der Waals surface area contributed by atoms with Gasteiger partial charge in [0.1, 0.15) is 10.7 Å². The number of carbonyl (C=O) groups is 1. The van der Waals surface area contributed by atoms with Crippen molar-refractivity contribution in [1.29, 1.82) is 0 Å². The Bertz CT molecular complexity index is 1210. The van der Waals surface area contributed by atoms with Crippen molar-refractivity contribution in [1.82, 2.24) is 28.8 Å². The molecule has 0 spiro atoms. The highest BCUT2D eigenvalue weighted by Gasteiger charge is 2.35. The monoisotopic (exact) mass is 420 g/mol. The lowest BCUT2D eigenvalue weighted by atomic mass is 10.1. The molecule has 8 heteroatoms. The summed E-state index contributed by atoms with van der Waals surface area (Å²) in [7, 11) is 0. The summed E-state index contributed by atoms with van der Waals surface area (Å²) in [5, 5.41) is 5.71. The summed E-state index contributed by atoms with van der Waals surface area (Å²) >= 11 is 1.43. The maximum absolute atomic E-state index is 13.3. The maximum atomic E-state index is 13.3. The standard InChI is InChI=1S/C22H24N6OS/c1-15-18(30-21(23-15)26-11-7-8-12-26)20(29)27-13-16-17(14-27)24-28(22(2,3)4)19(16)25-9-5-6-10-25/h5-12H,13-14H2,1-4H3. The first-order valence-corrected chi connectivity index (χ1v) is 10.8. The summed E-state index contributed by atoms with van der Waals surface area (Å²) in [4.78, 5) is 20.5. The van der Waals surface area contributed by atoms with Crippen molar-refractivity contribution in [3.05, 3.63) is 70.9 Å². The lowest BCUT2D eigenvalue weighted by Gasteiger charge is -2.24. The van der Waals surface area contributed by atoms with Crippen LogP contribution in [-0.2, 0) is 18.6 Å². The number of nitrogens with zero attached hydrogens (tertiary/aromatic N) is 6. The van der Waals surface area contributed by atoms with E-state index in [9.17, 15) is 4.79 Å². The van der Waals surface area contributed by atoms with Crippen LogP contribution < -0.4 is 0 Å². The SMILES string of the molecule is Cc1nc(-n2cccc2)sc1C(=O)N1Cc2nn(C(C)(C)C)c(-n3cccc3)c2C1. The zero-order valence-corrected chi connectivity index (χ0v) is 18.3. The van der Waals surface area contributed by atoms with E-state index in [-0.39, 0.29) is 11.4 Å². The number of hydrogen-bond acceptors (Lipinski definition) is 4. The average Bonchev–Trinajstić information content (AvgIpc) is 3.46. The Kier molecular flexibility index (Phi) is 4.21. The normalized spacial score (nSPS) is 13.8. The lowest BCUT2D eigenvalue weighted by Crippen LogP contribution is -2.29. The van der Waals surface area contributed by atoms with E-state index in [2.05, 4.69) is 35.0 Å². The molecule has 4 aromatic rings. The van der Waals surface area contributed by atoms with Crippen LogP contribution in [0.2, 0.25) is 0 Å². The largest absolute Gasteiger partial charge is 0.327 e. The molecule has 5 rings (SSSR count). The van der Waals surface area contributed by atoms with Crippen molar-refractivity contribution >= 4 is 17.2 Å². The Hall–Kier alpha value is -3.13. The molecule has 0 saturated heterocycles. The zero-order valence-electron chi connectivity index (χ0n) is 17.5. The second-order valence-corrected chi connectivity index (χ2v) is 9.56. The molecule has 0 N–H and O–H groups in total. The third-order valence-corrected chi connectivity index (χ3v) is 6.46. The maximum Gasteiger partial charge on any atom is 0.266 e. The number of carbonyl (C=O) groups excluding carboxylic acids is 1. The molecule has 30 heavy (non-hydrogen) atoms. The Morgan fingerprint density at radius 1 is 1.00 bits per heavy atom. The first kappa shape index (κ1) is 18.9. The van der Waals surface area contributed by atoms with Crippen LogP contribution in [0.25, 0.3) is 10.9 Å². The van der Waals surface area contributed by atoms with E-state index >= 15 is 0 Å². The number of aromatic nitrogens is 5.